The third-order valence-corrected chi connectivity index (χ3v) is 3.53. The van der Waals surface area contributed by atoms with Crippen LogP contribution in [-0.4, -0.2) is 43.2 Å². The van der Waals surface area contributed by atoms with E-state index in [1.807, 2.05) is 38.9 Å². The van der Waals surface area contributed by atoms with Crippen LogP contribution in [0.2, 0.25) is 0 Å². The van der Waals surface area contributed by atoms with Gasteiger partial charge in [-0.25, -0.2) is 0 Å². The van der Waals surface area contributed by atoms with Gasteiger partial charge >= 0.3 is 5.97 Å². The Morgan fingerprint density at radius 1 is 1.53 bits per heavy atom. The minimum absolute atomic E-state index is 0.597. The van der Waals surface area contributed by atoms with Gasteiger partial charge in [-0.2, -0.15) is 0 Å². The average Bonchev–Trinajstić information content (AvgIpc) is 2.51. The largest absolute Gasteiger partial charge is 0.480 e. The molecule has 0 radical (unpaired) electrons. The molecule has 1 heterocycles. The van der Waals surface area contributed by atoms with E-state index in [9.17, 15) is 9.90 Å². The van der Waals surface area contributed by atoms with Crippen molar-refractivity contribution in [3.63, 3.8) is 0 Å². The molecule has 1 atom stereocenters. The maximum absolute atomic E-state index is 11.3. The SMILES string of the molecule is Cc1cc(C(NCCN(C)C)C(=O)O)c(C)s1. The predicted octanol–water partition coefficient (Wildman–Crippen LogP) is 1.64. The molecule has 1 aromatic heterocycles. The summed E-state index contributed by atoms with van der Waals surface area (Å²) in [6.45, 7) is 5.46. The van der Waals surface area contributed by atoms with Gasteiger partial charge in [-0.3, -0.25) is 10.1 Å². The Morgan fingerprint density at radius 3 is 2.59 bits per heavy atom. The minimum atomic E-state index is -0.815. The van der Waals surface area contributed by atoms with Crippen LogP contribution in [0.15, 0.2) is 6.07 Å². The monoisotopic (exact) mass is 256 g/mol. The third-order valence-electron chi connectivity index (χ3n) is 2.54. The first-order chi connectivity index (χ1) is 7.91. The molecule has 2 N–H and O–H groups in total. The van der Waals surface area contributed by atoms with E-state index in [-0.39, 0.29) is 0 Å². The van der Waals surface area contributed by atoms with Crippen molar-refractivity contribution in [1.82, 2.24) is 10.2 Å². The Balaban J connectivity index is 2.73. The average molecular weight is 256 g/mol. The number of carboxylic acids is 1. The number of nitrogens with zero attached hydrogens (tertiary/aromatic N) is 1. The van der Waals surface area contributed by atoms with Gasteiger partial charge in [-0.05, 0) is 39.6 Å². The summed E-state index contributed by atoms with van der Waals surface area (Å²) < 4.78 is 0. The number of rotatable bonds is 6. The van der Waals surface area contributed by atoms with Crippen LogP contribution >= 0.6 is 11.3 Å². The van der Waals surface area contributed by atoms with E-state index in [2.05, 4.69) is 5.32 Å². The predicted molar refractivity (Wildman–Crippen MR) is 70.7 cm³/mol. The van der Waals surface area contributed by atoms with Gasteiger partial charge in [0.2, 0.25) is 0 Å². The van der Waals surface area contributed by atoms with Crippen LogP contribution in [0.5, 0.6) is 0 Å². The van der Waals surface area contributed by atoms with Gasteiger partial charge in [0.25, 0.3) is 0 Å². The molecule has 0 aliphatic heterocycles. The molecular formula is C12H20N2O2S. The van der Waals surface area contributed by atoms with Crippen LogP contribution in [0, 0.1) is 13.8 Å². The standard InChI is InChI=1S/C12H20N2O2S/c1-8-7-10(9(2)17-8)11(12(15)16)13-5-6-14(3)4/h7,11,13H,5-6H2,1-4H3,(H,15,16). The Kier molecular flexibility index (Phi) is 5.11. The van der Waals surface area contributed by atoms with Crippen molar-refractivity contribution in [2.45, 2.75) is 19.9 Å². The van der Waals surface area contributed by atoms with Crippen LogP contribution in [-0.2, 0) is 4.79 Å². The molecule has 0 aliphatic rings. The Labute approximate surface area is 106 Å². The Morgan fingerprint density at radius 2 is 2.18 bits per heavy atom. The van der Waals surface area contributed by atoms with E-state index in [0.29, 0.717) is 6.54 Å². The number of hydrogen-bond donors (Lipinski definition) is 2. The number of carboxylic acid groups (broad SMARTS) is 1. The second kappa shape index (κ2) is 6.14. The maximum Gasteiger partial charge on any atom is 0.325 e. The summed E-state index contributed by atoms with van der Waals surface area (Å²) >= 11 is 1.64. The molecule has 1 rings (SSSR count). The van der Waals surface area contributed by atoms with E-state index in [0.717, 1.165) is 21.9 Å². The number of carbonyl (C=O) groups is 1. The first-order valence-electron chi connectivity index (χ1n) is 5.59. The summed E-state index contributed by atoms with van der Waals surface area (Å²) in [5, 5.41) is 12.3. The summed E-state index contributed by atoms with van der Waals surface area (Å²) in [5.41, 5.74) is 0.888. The summed E-state index contributed by atoms with van der Waals surface area (Å²) in [6.07, 6.45) is 0. The molecule has 0 saturated heterocycles. The molecule has 1 unspecified atom stereocenters. The lowest BCUT2D eigenvalue weighted by atomic mass is 10.1. The number of likely N-dealkylation sites (N-methyl/N-ethyl adjacent to an activating group) is 1. The molecule has 17 heavy (non-hydrogen) atoms. The third kappa shape index (κ3) is 4.11. The highest BCUT2D eigenvalue weighted by Crippen LogP contribution is 2.26. The van der Waals surface area contributed by atoms with Gasteiger partial charge in [-0.15, -0.1) is 11.3 Å². The van der Waals surface area contributed by atoms with Gasteiger partial charge in [0, 0.05) is 22.8 Å². The molecule has 96 valence electrons. The van der Waals surface area contributed by atoms with Crippen LogP contribution < -0.4 is 5.32 Å². The Hall–Kier alpha value is -0.910. The quantitative estimate of drug-likeness (QED) is 0.812. The van der Waals surface area contributed by atoms with Crippen LogP contribution in [0.25, 0.3) is 0 Å². The highest BCUT2D eigenvalue weighted by Gasteiger charge is 2.22. The van der Waals surface area contributed by atoms with E-state index in [1.54, 1.807) is 11.3 Å². The second-order valence-electron chi connectivity index (χ2n) is 4.40. The first kappa shape index (κ1) is 14.2. The van der Waals surface area contributed by atoms with Crippen molar-refractivity contribution < 1.29 is 9.90 Å². The molecule has 1 aromatic rings. The zero-order chi connectivity index (χ0) is 13.0. The second-order valence-corrected chi connectivity index (χ2v) is 5.86. The molecule has 0 aliphatic carbocycles. The van der Waals surface area contributed by atoms with Crippen molar-refractivity contribution in [3.05, 3.63) is 21.4 Å². The summed E-state index contributed by atoms with van der Waals surface area (Å²) in [6, 6.07) is 1.36. The van der Waals surface area contributed by atoms with E-state index in [1.165, 1.54) is 0 Å². The maximum atomic E-state index is 11.3. The fourth-order valence-electron chi connectivity index (χ4n) is 1.70. The first-order valence-corrected chi connectivity index (χ1v) is 6.41. The normalized spacial score (nSPS) is 13.0. The Bertz CT molecular complexity index is 388. The van der Waals surface area contributed by atoms with E-state index in [4.69, 9.17) is 0 Å². The zero-order valence-corrected chi connectivity index (χ0v) is 11.6. The van der Waals surface area contributed by atoms with Crippen molar-refractivity contribution in [3.8, 4) is 0 Å². The fraction of sp³-hybridized carbons (Fsp3) is 0.583. The molecule has 0 amide bonds. The lowest BCUT2D eigenvalue weighted by molar-refractivity contribution is -0.139. The molecular weight excluding hydrogens is 236 g/mol. The fourth-order valence-corrected chi connectivity index (χ4v) is 2.66. The van der Waals surface area contributed by atoms with Gasteiger partial charge < -0.3 is 10.0 Å². The topological polar surface area (TPSA) is 52.6 Å². The van der Waals surface area contributed by atoms with Gasteiger partial charge in [0.05, 0.1) is 0 Å². The highest BCUT2D eigenvalue weighted by atomic mass is 32.1. The lowest BCUT2D eigenvalue weighted by Crippen LogP contribution is -2.34. The number of hydrogen-bond acceptors (Lipinski definition) is 4. The van der Waals surface area contributed by atoms with Crippen molar-refractivity contribution in [2.75, 3.05) is 27.2 Å². The van der Waals surface area contributed by atoms with Crippen molar-refractivity contribution in [2.24, 2.45) is 0 Å². The van der Waals surface area contributed by atoms with Crippen molar-refractivity contribution in [1.29, 1.82) is 0 Å². The molecule has 0 spiro atoms. The number of aryl methyl sites for hydroxylation is 2. The van der Waals surface area contributed by atoms with Gasteiger partial charge in [0.15, 0.2) is 0 Å². The smallest absolute Gasteiger partial charge is 0.325 e. The number of nitrogens with one attached hydrogen (secondary N) is 1. The molecule has 0 aromatic carbocycles. The van der Waals surface area contributed by atoms with Gasteiger partial charge in [0.1, 0.15) is 6.04 Å². The molecule has 4 nitrogen and oxygen atoms in total. The molecule has 5 heteroatoms. The molecule has 0 saturated carbocycles. The van der Waals surface area contributed by atoms with Crippen molar-refractivity contribution >= 4 is 17.3 Å². The van der Waals surface area contributed by atoms with E-state index < -0.39 is 12.0 Å². The number of aliphatic carboxylic acids is 1. The van der Waals surface area contributed by atoms with Gasteiger partial charge in [-0.1, -0.05) is 0 Å². The number of thiophene rings is 1. The van der Waals surface area contributed by atoms with E-state index >= 15 is 0 Å². The zero-order valence-electron chi connectivity index (χ0n) is 10.8. The van der Waals surface area contributed by atoms with Crippen LogP contribution in [0.1, 0.15) is 21.4 Å². The minimum Gasteiger partial charge on any atom is -0.480 e. The molecule has 0 bridgehead atoms. The molecule has 0 fully saturated rings. The summed E-state index contributed by atoms with van der Waals surface area (Å²) in [5.74, 6) is -0.815. The summed E-state index contributed by atoms with van der Waals surface area (Å²) in [4.78, 5) is 15.5. The summed E-state index contributed by atoms with van der Waals surface area (Å²) in [7, 11) is 3.94. The van der Waals surface area contributed by atoms with Crippen LogP contribution in [0.3, 0.4) is 0 Å². The van der Waals surface area contributed by atoms with Crippen LogP contribution in [0.4, 0.5) is 0 Å². The lowest BCUT2D eigenvalue weighted by Gasteiger charge is -2.16. The highest BCUT2D eigenvalue weighted by molar-refractivity contribution is 7.12.